The number of rotatable bonds is 5. The Balaban J connectivity index is 1.79. The van der Waals surface area contributed by atoms with Crippen LogP contribution >= 0.6 is 0 Å². The Kier molecular flexibility index (Phi) is 6.01. The Hall–Kier alpha value is -4.29. The Morgan fingerprint density at radius 2 is 1.66 bits per heavy atom. The van der Waals surface area contributed by atoms with E-state index in [1.54, 1.807) is 0 Å². The Morgan fingerprint density at radius 3 is 2.23 bits per heavy atom. The number of aromatic amines is 1. The van der Waals surface area contributed by atoms with Gasteiger partial charge in [0, 0.05) is 13.2 Å². The first kappa shape index (κ1) is 23.9. The highest BCUT2D eigenvalue weighted by Crippen LogP contribution is 2.38. The molecule has 0 atom stereocenters. The smallest absolute Gasteiger partial charge is 0.420 e. The van der Waals surface area contributed by atoms with Gasteiger partial charge in [0.15, 0.2) is 23.2 Å². The van der Waals surface area contributed by atoms with Gasteiger partial charge in [0.05, 0.1) is 6.54 Å². The number of nitrogens with zero attached hydrogens (tertiary/aromatic N) is 3. The van der Waals surface area contributed by atoms with Gasteiger partial charge in [-0.2, -0.15) is 18.3 Å². The van der Waals surface area contributed by atoms with Gasteiger partial charge in [0.25, 0.3) is 5.56 Å². The van der Waals surface area contributed by atoms with E-state index in [-0.39, 0.29) is 17.0 Å². The van der Waals surface area contributed by atoms with E-state index < -0.39 is 58.5 Å². The number of hydrogen-bond donors (Lipinski definition) is 1. The van der Waals surface area contributed by atoms with Gasteiger partial charge in [-0.1, -0.05) is 12.1 Å². The predicted molar refractivity (Wildman–Crippen MR) is 110 cm³/mol. The molecule has 0 saturated carbocycles. The van der Waals surface area contributed by atoms with E-state index in [2.05, 4.69) is 10.2 Å². The molecule has 0 bridgehead atoms. The number of aromatic nitrogens is 4. The van der Waals surface area contributed by atoms with Crippen LogP contribution in [0.3, 0.4) is 0 Å². The molecule has 0 spiro atoms. The van der Waals surface area contributed by atoms with E-state index in [1.165, 1.54) is 19.2 Å². The Bertz CT molecular complexity index is 1510. The molecule has 0 aliphatic carbocycles. The minimum Gasteiger partial charge on any atom is -0.445 e. The second-order valence-electron chi connectivity index (χ2n) is 7.37. The number of hydrogen-bond acceptors (Lipinski definition) is 4. The van der Waals surface area contributed by atoms with Crippen LogP contribution in [-0.4, -0.2) is 19.3 Å². The van der Waals surface area contributed by atoms with Gasteiger partial charge < -0.3 is 9.30 Å². The predicted octanol–water partition coefficient (Wildman–Crippen LogP) is 4.21. The monoisotopic (exact) mass is 496 g/mol. The highest BCUT2D eigenvalue weighted by molar-refractivity contribution is 5.65. The first-order valence-corrected chi connectivity index (χ1v) is 9.79. The van der Waals surface area contributed by atoms with Crippen molar-refractivity contribution in [2.45, 2.75) is 12.7 Å². The van der Waals surface area contributed by atoms with E-state index in [1.807, 2.05) is 0 Å². The third-order valence-corrected chi connectivity index (χ3v) is 5.07. The zero-order chi connectivity index (χ0) is 25.5. The van der Waals surface area contributed by atoms with Gasteiger partial charge in [-0.05, 0) is 41.5 Å². The lowest BCUT2D eigenvalue weighted by Gasteiger charge is -2.16. The van der Waals surface area contributed by atoms with E-state index in [0.29, 0.717) is 6.07 Å². The number of halogens is 6. The largest absolute Gasteiger partial charge is 0.445 e. The van der Waals surface area contributed by atoms with E-state index in [9.17, 15) is 35.9 Å². The zero-order valence-electron chi connectivity index (χ0n) is 17.7. The van der Waals surface area contributed by atoms with Crippen LogP contribution in [0.25, 0.3) is 11.1 Å². The summed E-state index contributed by atoms with van der Waals surface area (Å²) >= 11 is 0. The molecule has 182 valence electrons. The SMILES string of the molecule is Cn1c(Cn2ccc(C(F)(F)F)c(Oc3c(F)cc(-c4cccc(F)c4)cc3F)c2=O)n[nH]c1=O. The molecule has 2 aromatic carbocycles. The maximum Gasteiger partial charge on any atom is 0.420 e. The van der Waals surface area contributed by atoms with Gasteiger partial charge in [-0.25, -0.2) is 23.1 Å². The number of nitrogens with one attached hydrogen (secondary N) is 1. The molecule has 7 nitrogen and oxygen atoms in total. The summed E-state index contributed by atoms with van der Waals surface area (Å²) in [5.41, 5.74) is -3.56. The topological polar surface area (TPSA) is 81.9 Å². The fraction of sp³-hybridized carbons (Fsp3) is 0.136. The molecule has 0 aliphatic heterocycles. The summed E-state index contributed by atoms with van der Waals surface area (Å²) in [6, 6.07) is 6.78. The summed E-state index contributed by atoms with van der Waals surface area (Å²) in [7, 11) is 1.32. The van der Waals surface area contributed by atoms with Crippen LogP contribution < -0.4 is 16.0 Å². The summed E-state index contributed by atoms with van der Waals surface area (Å²) in [6.45, 7) is -0.438. The minimum absolute atomic E-state index is 0.000356. The Morgan fingerprint density at radius 1 is 0.971 bits per heavy atom. The van der Waals surface area contributed by atoms with Crippen molar-refractivity contribution in [1.82, 2.24) is 19.3 Å². The molecule has 35 heavy (non-hydrogen) atoms. The van der Waals surface area contributed by atoms with Gasteiger partial charge in [-0.3, -0.25) is 9.36 Å². The summed E-state index contributed by atoms with van der Waals surface area (Å²) in [4.78, 5) is 24.3. The molecule has 2 heterocycles. The third kappa shape index (κ3) is 4.69. The molecule has 0 fully saturated rings. The fourth-order valence-electron chi connectivity index (χ4n) is 3.27. The highest BCUT2D eigenvalue weighted by atomic mass is 19.4. The van der Waals surface area contributed by atoms with Crippen LogP contribution in [-0.2, 0) is 19.8 Å². The first-order chi connectivity index (χ1) is 16.5. The Labute approximate surface area is 191 Å². The van der Waals surface area contributed by atoms with Gasteiger partial charge in [0.2, 0.25) is 5.75 Å². The number of pyridine rings is 1. The zero-order valence-corrected chi connectivity index (χ0v) is 17.7. The van der Waals surface area contributed by atoms with E-state index in [4.69, 9.17) is 4.74 Å². The van der Waals surface area contributed by atoms with Crippen molar-refractivity contribution in [1.29, 1.82) is 0 Å². The lowest BCUT2D eigenvalue weighted by atomic mass is 10.0. The quantitative estimate of drug-likeness (QED) is 0.420. The van der Waals surface area contributed by atoms with Crippen LogP contribution in [0.4, 0.5) is 26.3 Å². The molecule has 1 N–H and O–H groups in total. The molecule has 0 radical (unpaired) electrons. The van der Waals surface area contributed by atoms with Crippen molar-refractivity contribution in [3.05, 3.63) is 98.3 Å². The summed E-state index contributed by atoms with van der Waals surface area (Å²) in [5.74, 6) is -6.13. The average Bonchev–Trinajstić information content (AvgIpc) is 3.09. The van der Waals surface area contributed by atoms with Gasteiger partial charge >= 0.3 is 11.9 Å². The van der Waals surface area contributed by atoms with Gasteiger partial charge in [0.1, 0.15) is 11.4 Å². The molecule has 2 aromatic heterocycles. The summed E-state index contributed by atoms with van der Waals surface area (Å²) < 4.78 is 90.3. The average molecular weight is 496 g/mol. The second-order valence-corrected chi connectivity index (χ2v) is 7.37. The molecule has 4 rings (SSSR count). The molecular weight excluding hydrogens is 482 g/mol. The van der Waals surface area contributed by atoms with Crippen molar-refractivity contribution in [2.24, 2.45) is 7.05 Å². The molecule has 0 aliphatic rings. The summed E-state index contributed by atoms with van der Waals surface area (Å²) in [5, 5.41) is 5.78. The molecule has 0 unspecified atom stereocenters. The normalized spacial score (nSPS) is 11.6. The highest BCUT2D eigenvalue weighted by Gasteiger charge is 2.37. The fourth-order valence-corrected chi connectivity index (χ4v) is 3.27. The lowest BCUT2D eigenvalue weighted by Crippen LogP contribution is -2.26. The second kappa shape index (κ2) is 8.81. The minimum atomic E-state index is -5.10. The summed E-state index contributed by atoms with van der Waals surface area (Å²) in [6.07, 6.45) is -4.31. The van der Waals surface area contributed by atoms with E-state index >= 15 is 0 Å². The third-order valence-electron chi connectivity index (χ3n) is 5.07. The lowest BCUT2D eigenvalue weighted by molar-refractivity contribution is -0.138. The molecule has 0 amide bonds. The number of benzene rings is 2. The van der Waals surface area contributed by atoms with Crippen LogP contribution in [0.5, 0.6) is 11.5 Å². The molecule has 13 heteroatoms. The molecule has 0 saturated heterocycles. The van der Waals surface area contributed by atoms with Crippen LogP contribution in [0.1, 0.15) is 11.4 Å². The van der Waals surface area contributed by atoms with Crippen molar-refractivity contribution >= 4 is 0 Å². The maximum absolute atomic E-state index is 14.7. The van der Waals surface area contributed by atoms with Crippen molar-refractivity contribution in [2.75, 3.05) is 0 Å². The first-order valence-electron chi connectivity index (χ1n) is 9.79. The van der Waals surface area contributed by atoms with Crippen LogP contribution in [0, 0.1) is 17.5 Å². The number of ether oxygens (including phenoxy) is 1. The standard InChI is InChI=1S/C22H14F6N4O3/c1-31-17(29-30-21(31)34)10-32-6-5-14(22(26,27)28)18(20(32)33)35-19-15(24)8-12(9-16(19)25)11-3-2-4-13(23)7-11/h2-9H,10H2,1H3,(H,30,34). The molecule has 4 aromatic rings. The van der Waals surface area contributed by atoms with Gasteiger partial charge in [-0.15, -0.1) is 0 Å². The van der Waals surface area contributed by atoms with E-state index in [0.717, 1.165) is 39.6 Å². The molecular formula is C22H14F6N4O3. The van der Waals surface area contributed by atoms with Crippen molar-refractivity contribution in [3.63, 3.8) is 0 Å². The maximum atomic E-state index is 14.7. The van der Waals surface area contributed by atoms with Crippen LogP contribution in [0.2, 0.25) is 0 Å². The number of H-pyrrole nitrogens is 1. The van der Waals surface area contributed by atoms with Crippen LogP contribution in [0.15, 0.2) is 58.3 Å². The van der Waals surface area contributed by atoms with Crippen molar-refractivity contribution < 1.29 is 31.1 Å². The van der Waals surface area contributed by atoms with Crippen molar-refractivity contribution in [3.8, 4) is 22.6 Å². The number of alkyl halides is 3.